The van der Waals surface area contributed by atoms with Crippen molar-refractivity contribution in [3.8, 4) is 17.0 Å². The Morgan fingerprint density at radius 1 is 1.03 bits per heavy atom. The lowest BCUT2D eigenvalue weighted by molar-refractivity contribution is 0.298. The number of anilines is 1. The fourth-order valence-corrected chi connectivity index (χ4v) is 4.49. The fraction of sp³-hybridized carbons (Fsp3) is 0.192. The van der Waals surface area contributed by atoms with Gasteiger partial charge in [-0.15, -0.1) is 11.3 Å². The third-order valence-corrected chi connectivity index (χ3v) is 6.26. The average molecular weight is 456 g/mol. The maximum atomic E-state index is 5.97. The van der Waals surface area contributed by atoms with Crippen LogP contribution in [0.3, 0.4) is 0 Å². The van der Waals surface area contributed by atoms with E-state index < -0.39 is 0 Å². The molecule has 0 saturated carbocycles. The van der Waals surface area contributed by atoms with Crippen molar-refractivity contribution in [2.45, 2.75) is 26.4 Å². The van der Waals surface area contributed by atoms with E-state index >= 15 is 0 Å². The summed E-state index contributed by atoms with van der Waals surface area (Å²) in [6.45, 7) is 5.49. The smallest absolute Gasteiger partial charge is 0.130 e. The molecular formula is C26H25N5OS. The van der Waals surface area contributed by atoms with Gasteiger partial charge in [-0.25, -0.2) is 15.0 Å². The van der Waals surface area contributed by atoms with E-state index in [0.717, 1.165) is 51.0 Å². The third kappa shape index (κ3) is 5.04. The second kappa shape index (κ2) is 9.42. The van der Waals surface area contributed by atoms with Crippen molar-refractivity contribution in [3.63, 3.8) is 0 Å². The number of rotatable bonds is 8. The normalized spacial score (nSPS) is 12.1. The van der Waals surface area contributed by atoms with E-state index in [1.807, 2.05) is 61.2 Å². The Morgan fingerprint density at radius 2 is 1.91 bits per heavy atom. The maximum absolute atomic E-state index is 5.97. The number of aryl methyl sites for hydroxylation is 1. The van der Waals surface area contributed by atoms with E-state index in [9.17, 15) is 0 Å². The van der Waals surface area contributed by atoms with Gasteiger partial charge in [-0.2, -0.15) is 0 Å². The Labute approximate surface area is 196 Å². The fourth-order valence-electron chi connectivity index (χ4n) is 3.77. The van der Waals surface area contributed by atoms with Crippen molar-refractivity contribution < 1.29 is 4.74 Å². The van der Waals surface area contributed by atoms with Gasteiger partial charge in [0.15, 0.2) is 0 Å². The van der Waals surface area contributed by atoms with E-state index in [1.54, 1.807) is 11.3 Å². The van der Waals surface area contributed by atoms with Gasteiger partial charge in [0.25, 0.3) is 0 Å². The number of nitrogens with one attached hydrogen (secondary N) is 1. The molecule has 1 atom stereocenters. The lowest BCUT2D eigenvalue weighted by Crippen LogP contribution is -2.10. The molecule has 0 amide bonds. The number of nitrogens with zero attached hydrogens (tertiary/aromatic N) is 4. The van der Waals surface area contributed by atoms with Gasteiger partial charge < -0.3 is 14.6 Å². The van der Waals surface area contributed by atoms with Crippen molar-refractivity contribution in [2.24, 2.45) is 0 Å². The Morgan fingerprint density at radius 3 is 2.79 bits per heavy atom. The zero-order valence-corrected chi connectivity index (χ0v) is 19.4. The molecule has 5 aromatic rings. The van der Waals surface area contributed by atoms with Crippen LogP contribution >= 0.6 is 11.3 Å². The standard InChI is InChI=1S/C26H25N5OS/c1-18(20-6-5-7-22(14-20)32-13-12-31-10-3-4-11-31)28-26-16-24(29-19(2)30-26)21-8-9-23-25(15-21)33-17-27-23/h3-11,14-18H,12-13H2,1-2H3,(H,28,29,30). The minimum Gasteiger partial charge on any atom is -0.492 e. The second-order valence-electron chi connectivity index (χ2n) is 7.93. The highest BCUT2D eigenvalue weighted by atomic mass is 32.1. The number of thiazole rings is 1. The third-order valence-electron chi connectivity index (χ3n) is 5.47. The summed E-state index contributed by atoms with van der Waals surface area (Å²) < 4.78 is 9.23. The Kier molecular flexibility index (Phi) is 6.04. The summed E-state index contributed by atoms with van der Waals surface area (Å²) in [6.07, 6.45) is 4.08. The first-order valence-electron chi connectivity index (χ1n) is 10.9. The summed E-state index contributed by atoms with van der Waals surface area (Å²) in [6, 6.07) is 20.5. The molecule has 0 spiro atoms. The molecule has 0 fully saturated rings. The number of fused-ring (bicyclic) bond motifs is 1. The van der Waals surface area contributed by atoms with Crippen LogP contribution in [-0.2, 0) is 6.54 Å². The lowest BCUT2D eigenvalue weighted by Gasteiger charge is -2.17. The zero-order valence-electron chi connectivity index (χ0n) is 18.6. The van der Waals surface area contributed by atoms with Gasteiger partial charge in [0.05, 0.1) is 34.0 Å². The Bertz CT molecular complexity index is 1360. The largest absolute Gasteiger partial charge is 0.492 e. The van der Waals surface area contributed by atoms with Gasteiger partial charge in [-0.05, 0) is 55.8 Å². The molecule has 0 aliphatic carbocycles. The number of hydrogen-bond acceptors (Lipinski definition) is 6. The van der Waals surface area contributed by atoms with Crippen LogP contribution in [0.25, 0.3) is 21.5 Å². The molecule has 1 unspecified atom stereocenters. The van der Waals surface area contributed by atoms with Crippen molar-refractivity contribution in [3.05, 3.63) is 90.0 Å². The van der Waals surface area contributed by atoms with E-state index in [-0.39, 0.29) is 6.04 Å². The predicted molar refractivity (Wildman–Crippen MR) is 134 cm³/mol. The molecule has 2 aromatic carbocycles. The van der Waals surface area contributed by atoms with Crippen LogP contribution < -0.4 is 10.1 Å². The van der Waals surface area contributed by atoms with Crippen LogP contribution in [0.1, 0.15) is 24.4 Å². The average Bonchev–Trinajstić information content (AvgIpc) is 3.50. The van der Waals surface area contributed by atoms with Crippen molar-refractivity contribution in [1.29, 1.82) is 0 Å². The highest BCUT2D eigenvalue weighted by Crippen LogP contribution is 2.28. The molecule has 6 nitrogen and oxygen atoms in total. The van der Waals surface area contributed by atoms with Crippen LogP contribution in [0.2, 0.25) is 0 Å². The summed E-state index contributed by atoms with van der Waals surface area (Å²) in [4.78, 5) is 13.6. The molecule has 3 aromatic heterocycles. The van der Waals surface area contributed by atoms with Gasteiger partial charge >= 0.3 is 0 Å². The van der Waals surface area contributed by atoms with E-state index in [2.05, 4.69) is 56.0 Å². The van der Waals surface area contributed by atoms with Crippen LogP contribution in [-0.4, -0.2) is 26.1 Å². The molecule has 0 saturated heterocycles. The summed E-state index contributed by atoms with van der Waals surface area (Å²) >= 11 is 1.64. The minimum absolute atomic E-state index is 0.0594. The molecule has 33 heavy (non-hydrogen) atoms. The number of ether oxygens (including phenoxy) is 1. The van der Waals surface area contributed by atoms with Crippen molar-refractivity contribution >= 4 is 27.4 Å². The SMILES string of the molecule is Cc1nc(NC(C)c2cccc(OCCn3cccc3)c2)cc(-c2ccc3ncsc3c2)n1. The Balaban J connectivity index is 1.29. The Hall–Kier alpha value is -3.71. The van der Waals surface area contributed by atoms with Crippen LogP contribution in [0.4, 0.5) is 5.82 Å². The molecule has 0 aliphatic heterocycles. The maximum Gasteiger partial charge on any atom is 0.130 e. The van der Waals surface area contributed by atoms with Gasteiger partial charge in [-0.3, -0.25) is 0 Å². The lowest BCUT2D eigenvalue weighted by atomic mass is 10.1. The molecule has 0 aliphatic rings. The molecule has 166 valence electrons. The van der Waals surface area contributed by atoms with E-state index in [1.165, 1.54) is 0 Å². The first kappa shape index (κ1) is 21.2. The number of benzene rings is 2. The quantitative estimate of drug-likeness (QED) is 0.306. The molecule has 0 bridgehead atoms. The summed E-state index contributed by atoms with van der Waals surface area (Å²) in [5.74, 6) is 2.40. The van der Waals surface area contributed by atoms with Crippen LogP contribution in [0.15, 0.2) is 78.6 Å². The molecular weight excluding hydrogens is 430 g/mol. The monoisotopic (exact) mass is 455 g/mol. The van der Waals surface area contributed by atoms with Gasteiger partial charge in [-0.1, -0.05) is 18.2 Å². The van der Waals surface area contributed by atoms with Crippen LogP contribution in [0, 0.1) is 6.92 Å². The van der Waals surface area contributed by atoms with E-state index in [0.29, 0.717) is 6.61 Å². The van der Waals surface area contributed by atoms with Gasteiger partial charge in [0.2, 0.25) is 0 Å². The number of hydrogen-bond donors (Lipinski definition) is 1. The van der Waals surface area contributed by atoms with Crippen LogP contribution in [0.5, 0.6) is 5.75 Å². The van der Waals surface area contributed by atoms with Gasteiger partial charge in [0, 0.05) is 24.0 Å². The van der Waals surface area contributed by atoms with Crippen molar-refractivity contribution in [2.75, 3.05) is 11.9 Å². The molecule has 5 rings (SSSR count). The molecule has 7 heteroatoms. The van der Waals surface area contributed by atoms with Crippen molar-refractivity contribution in [1.82, 2.24) is 19.5 Å². The summed E-state index contributed by atoms with van der Waals surface area (Å²) in [7, 11) is 0. The first-order valence-corrected chi connectivity index (χ1v) is 11.8. The molecule has 1 N–H and O–H groups in total. The zero-order chi connectivity index (χ0) is 22.6. The minimum atomic E-state index is 0.0594. The second-order valence-corrected chi connectivity index (χ2v) is 8.81. The number of aromatic nitrogens is 4. The van der Waals surface area contributed by atoms with E-state index in [4.69, 9.17) is 4.74 Å². The summed E-state index contributed by atoms with van der Waals surface area (Å²) in [5.41, 5.74) is 5.97. The summed E-state index contributed by atoms with van der Waals surface area (Å²) in [5, 5.41) is 3.53. The first-order chi connectivity index (χ1) is 16.1. The predicted octanol–water partition coefficient (Wildman–Crippen LogP) is 6.12. The highest BCUT2D eigenvalue weighted by molar-refractivity contribution is 7.16. The highest BCUT2D eigenvalue weighted by Gasteiger charge is 2.11. The van der Waals surface area contributed by atoms with Gasteiger partial charge in [0.1, 0.15) is 24.0 Å². The molecule has 0 radical (unpaired) electrons. The molecule has 3 heterocycles. The topological polar surface area (TPSA) is 64.9 Å².